The minimum atomic E-state index is -0.491. The fraction of sp³-hybridized carbons (Fsp3) is 0.853. The van der Waals surface area contributed by atoms with Gasteiger partial charge >= 0.3 is 5.97 Å². The predicted molar refractivity (Wildman–Crippen MR) is 159 cm³/mol. The molecule has 2 unspecified atom stereocenters. The second kappa shape index (κ2) is 16.6. The molecule has 2 heterocycles. The molecule has 7 heteroatoms. The topological polar surface area (TPSA) is 72.5 Å². The number of allylic oxidation sites excluding steroid dienone is 1. The third-order valence-corrected chi connectivity index (χ3v) is 8.79. The lowest BCUT2D eigenvalue weighted by molar-refractivity contribution is -0.193. The molecule has 7 nitrogen and oxygen atoms in total. The standard InChI is InChI=1S/C34H56O7/c1-5-6-7-12-27(39-32-13-8-10-18-37-32)15-16-28-29-22-25(17-20-36-24-31(35)41-34(2,3)4)21-26(29)23-30(28)40-33-14-9-11-19-38-33/h15-17,26-30,32-33H,5-14,18-24H2,1-4H3/b16-15+,25-17+/t26-,27-,28+,29-,30+,32?,33?/m0/s1. The van der Waals surface area contributed by atoms with Crippen molar-refractivity contribution in [2.75, 3.05) is 26.4 Å². The number of fused-ring (bicyclic) bond motifs is 1. The van der Waals surface area contributed by atoms with Gasteiger partial charge in [0.1, 0.15) is 12.2 Å². The zero-order valence-electron chi connectivity index (χ0n) is 26.2. The molecule has 7 atom stereocenters. The zero-order chi connectivity index (χ0) is 29.1. The maximum atomic E-state index is 12.0. The molecule has 234 valence electrons. The lowest BCUT2D eigenvalue weighted by Crippen LogP contribution is -2.31. The van der Waals surface area contributed by atoms with Crippen LogP contribution in [0.25, 0.3) is 0 Å². The number of unbranched alkanes of at least 4 members (excludes halogenated alkanes) is 2. The van der Waals surface area contributed by atoms with Gasteiger partial charge in [-0.25, -0.2) is 4.79 Å². The van der Waals surface area contributed by atoms with Gasteiger partial charge < -0.3 is 28.4 Å². The summed E-state index contributed by atoms with van der Waals surface area (Å²) in [5.74, 6) is 1.16. The van der Waals surface area contributed by atoms with Gasteiger partial charge in [-0.3, -0.25) is 0 Å². The highest BCUT2D eigenvalue weighted by Crippen LogP contribution is 2.52. The summed E-state index contributed by atoms with van der Waals surface area (Å²) >= 11 is 0. The van der Waals surface area contributed by atoms with Crippen molar-refractivity contribution >= 4 is 5.97 Å². The van der Waals surface area contributed by atoms with Crippen LogP contribution < -0.4 is 0 Å². The molecule has 0 aromatic rings. The van der Waals surface area contributed by atoms with E-state index < -0.39 is 5.60 Å². The number of hydrogen-bond donors (Lipinski definition) is 0. The fourth-order valence-electron chi connectivity index (χ4n) is 6.83. The van der Waals surface area contributed by atoms with E-state index in [2.05, 4.69) is 25.2 Å². The smallest absolute Gasteiger partial charge is 0.332 e. The van der Waals surface area contributed by atoms with Crippen molar-refractivity contribution in [2.24, 2.45) is 17.8 Å². The Morgan fingerprint density at radius 3 is 2.46 bits per heavy atom. The summed E-state index contributed by atoms with van der Waals surface area (Å²) in [5, 5.41) is 0. The average Bonchev–Trinajstić information content (AvgIpc) is 3.47. The SMILES string of the molecule is CCCCC[C@@H](/C=C/[C@@H]1[C@H]2C/C(=C/COCC(=O)OC(C)(C)C)C[C@H]2C[C@H]1OC1CCCCO1)OC1CCCCO1. The van der Waals surface area contributed by atoms with Crippen molar-refractivity contribution in [3.8, 4) is 0 Å². The van der Waals surface area contributed by atoms with Crippen LogP contribution in [0.3, 0.4) is 0 Å². The number of carbonyl (C=O) groups excluding carboxylic acids is 1. The van der Waals surface area contributed by atoms with E-state index in [0.29, 0.717) is 24.4 Å². The minimum absolute atomic E-state index is 0.0132. The van der Waals surface area contributed by atoms with Gasteiger partial charge in [0.25, 0.3) is 0 Å². The van der Waals surface area contributed by atoms with Gasteiger partial charge in [0.05, 0.1) is 18.8 Å². The van der Waals surface area contributed by atoms with Crippen molar-refractivity contribution in [3.63, 3.8) is 0 Å². The van der Waals surface area contributed by atoms with Gasteiger partial charge in [0, 0.05) is 19.1 Å². The van der Waals surface area contributed by atoms with Crippen LogP contribution in [0.1, 0.15) is 111 Å². The molecule has 0 aromatic carbocycles. The van der Waals surface area contributed by atoms with Crippen molar-refractivity contribution < 1.29 is 33.2 Å². The Morgan fingerprint density at radius 1 is 1.02 bits per heavy atom. The lowest BCUT2D eigenvalue weighted by atomic mass is 9.90. The van der Waals surface area contributed by atoms with Crippen LogP contribution in [0, 0.1) is 17.8 Å². The number of hydrogen-bond acceptors (Lipinski definition) is 7. The Morgan fingerprint density at radius 2 is 1.78 bits per heavy atom. The van der Waals surface area contributed by atoms with Gasteiger partial charge in [-0.2, -0.15) is 0 Å². The summed E-state index contributed by atoms with van der Waals surface area (Å²) < 4.78 is 36.0. The Labute approximate surface area is 248 Å². The van der Waals surface area contributed by atoms with E-state index in [0.717, 1.165) is 64.6 Å². The highest BCUT2D eigenvalue weighted by atomic mass is 16.7. The lowest BCUT2D eigenvalue weighted by Gasteiger charge is -2.30. The monoisotopic (exact) mass is 576 g/mol. The van der Waals surface area contributed by atoms with E-state index in [1.54, 1.807) is 0 Å². The van der Waals surface area contributed by atoms with E-state index in [1.165, 1.54) is 37.7 Å². The first-order valence-corrected chi connectivity index (χ1v) is 16.5. The van der Waals surface area contributed by atoms with E-state index in [1.807, 2.05) is 20.8 Å². The molecule has 0 aromatic heterocycles. The highest BCUT2D eigenvalue weighted by Gasteiger charge is 2.47. The fourth-order valence-corrected chi connectivity index (χ4v) is 6.83. The normalized spacial score (nSPS) is 32.4. The molecular formula is C34H56O7. The van der Waals surface area contributed by atoms with Gasteiger partial charge in [-0.05, 0) is 96.8 Å². The zero-order valence-corrected chi connectivity index (χ0v) is 26.2. The Hall–Kier alpha value is -1.25. The first-order chi connectivity index (χ1) is 19.8. The number of esters is 1. The largest absolute Gasteiger partial charge is 0.458 e. The number of ether oxygens (including phenoxy) is 6. The molecule has 4 aliphatic rings. The molecular weight excluding hydrogens is 520 g/mol. The maximum Gasteiger partial charge on any atom is 0.332 e. The van der Waals surface area contributed by atoms with E-state index in [-0.39, 0.29) is 37.4 Å². The van der Waals surface area contributed by atoms with Crippen LogP contribution in [0.4, 0.5) is 0 Å². The van der Waals surface area contributed by atoms with Crippen molar-refractivity contribution in [2.45, 2.75) is 142 Å². The molecule has 41 heavy (non-hydrogen) atoms. The summed E-state index contributed by atoms with van der Waals surface area (Å²) in [6.07, 6.45) is 21.4. The maximum absolute atomic E-state index is 12.0. The predicted octanol–water partition coefficient (Wildman–Crippen LogP) is 7.28. The molecule has 2 aliphatic heterocycles. The first kappa shape index (κ1) is 32.7. The summed E-state index contributed by atoms with van der Waals surface area (Å²) in [6, 6.07) is 0. The van der Waals surface area contributed by atoms with Gasteiger partial charge in [0.2, 0.25) is 0 Å². The molecule has 0 spiro atoms. The number of carbonyl (C=O) groups is 1. The van der Waals surface area contributed by atoms with Crippen LogP contribution in [-0.2, 0) is 33.2 Å². The van der Waals surface area contributed by atoms with Crippen molar-refractivity contribution in [1.82, 2.24) is 0 Å². The van der Waals surface area contributed by atoms with Crippen LogP contribution in [-0.4, -0.2) is 62.8 Å². The second-order valence-electron chi connectivity index (χ2n) is 13.4. The highest BCUT2D eigenvalue weighted by molar-refractivity contribution is 5.71. The Balaban J connectivity index is 1.38. The van der Waals surface area contributed by atoms with E-state index >= 15 is 0 Å². The summed E-state index contributed by atoms with van der Waals surface area (Å²) in [7, 11) is 0. The van der Waals surface area contributed by atoms with Crippen molar-refractivity contribution in [3.05, 3.63) is 23.8 Å². The molecule has 0 radical (unpaired) electrons. The quantitative estimate of drug-likeness (QED) is 0.122. The second-order valence-corrected chi connectivity index (χ2v) is 13.4. The minimum Gasteiger partial charge on any atom is -0.458 e. The molecule has 2 saturated heterocycles. The molecule has 2 saturated carbocycles. The van der Waals surface area contributed by atoms with Crippen LogP contribution in [0.15, 0.2) is 23.8 Å². The van der Waals surface area contributed by atoms with Gasteiger partial charge in [-0.1, -0.05) is 50.0 Å². The third kappa shape index (κ3) is 11.1. The third-order valence-electron chi connectivity index (χ3n) is 8.79. The molecule has 0 bridgehead atoms. The van der Waals surface area contributed by atoms with Crippen LogP contribution >= 0.6 is 0 Å². The van der Waals surface area contributed by atoms with Crippen LogP contribution in [0.5, 0.6) is 0 Å². The summed E-state index contributed by atoms with van der Waals surface area (Å²) in [4.78, 5) is 12.0. The van der Waals surface area contributed by atoms with E-state index in [9.17, 15) is 4.79 Å². The van der Waals surface area contributed by atoms with E-state index in [4.69, 9.17) is 28.4 Å². The van der Waals surface area contributed by atoms with Gasteiger partial charge in [0.15, 0.2) is 12.6 Å². The molecule has 0 amide bonds. The first-order valence-electron chi connectivity index (χ1n) is 16.5. The average molecular weight is 577 g/mol. The van der Waals surface area contributed by atoms with Crippen LogP contribution in [0.2, 0.25) is 0 Å². The molecule has 4 rings (SSSR count). The number of rotatable bonds is 14. The summed E-state index contributed by atoms with van der Waals surface area (Å²) in [5.41, 5.74) is 0.941. The molecule has 4 fully saturated rings. The van der Waals surface area contributed by atoms with Crippen molar-refractivity contribution in [1.29, 1.82) is 0 Å². The Bertz CT molecular complexity index is 835. The van der Waals surface area contributed by atoms with Gasteiger partial charge in [-0.15, -0.1) is 0 Å². The molecule has 0 N–H and O–H groups in total. The molecule has 2 aliphatic carbocycles. The summed E-state index contributed by atoms with van der Waals surface area (Å²) in [6.45, 7) is 9.89. The Kier molecular flexibility index (Phi) is 13.2.